The lowest BCUT2D eigenvalue weighted by Gasteiger charge is -2.65. The van der Waals surface area contributed by atoms with Gasteiger partial charge in [0, 0.05) is 12.1 Å². The van der Waals surface area contributed by atoms with Gasteiger partial charge in [0.1, 0.15) is 0 Å². The summed E-state index contributed by atoms with van der Waals surface area (Å²) < 4.78 is 0. The fourth-order valence-electron chi connectivity index (χ4n) is 6.41. The number of hydrogen-bond donors (Lipinski definition) is 2. The van der Waals surface area contributed by atoms with Crippen LogP contribution in [0.4, 0.5) is 0 Å². The van der Waals surface area contributed by atoms with Gasteiger partial charge in [-0.05, 0) is 81.1 Å². The van der Waals surface area contributed by atoms with E-state index in [4.69, 9.17) is 5.11 Å². The third-order valence-corrected chi connectivity index (χ3v) is 5.96. The van der Waals surface area contributed by atoms with Gasteiger partial charge in [-0.1, -0.05) is 13.8 Å². The highest BCUT2D eigenvalue weighted by molar-refractivity contribution is 5.14. The molecule has 0 aliphatic heterocycles. The topological polar surface area (TPSA) is 32.3 Å². The maximum absolute atomic E-state index is 8.84. The number of aliphatic hydroxyl groups is 1. The Morgan fingerprint density at radius 1 is 0.947 bits per heavy atom. The van der Waals surface area contributed by atoms with Crippen molar-refractivity contribution >= 4 is 0 Å². The van der Waals surface area contributed by atoms with Crippen LogP contribution in [0.1, 0.15) is 71.6 Å². The Balaban J connectivity index is 1.61. The predicted octanol–water partition coefficient (Wildman–Crippen LogP) is 3.49. The van der Waals surface area contributed by atoms with Gasteiger partial charge in [0.2, 0.25) is 0 Å². The van der Waals surface area contributed by atoms with Crippen LogP contribution in [0.15, 0.2) is 0 Å². The first-order valence-electron chi connectivity index (χ1n) is 8.33. The number of unbranched alkanes of at least 4 members (excludes halogenated alkanes) is 2. The molecular weight excluding hydrogens is 234 g/mol. The molecule has 4 aliphatic carbocycles. The van der Waals surface area contributed by atoms with Gasteiger partial charge in [-0.3, -0.25) is 0 Å². The molecule has 4 saturated carbocycles. The van der Waals surface area contributed by atoms with Crippen LogP contribution in [0, 0.1) is 16.7 Å². The Hall–Kier alpha value is -0.0800. The Morgan fingerprint density at radius 3 is 2.21 bits per heavy atom. The second kappa shape index (κ2) is 4.73. The summed E-state index contributed by atoms with van der Waals surface area (Å²) >= 11 is 0. The molecule has 0 amide bonds. The first-order valence-corrected chi connectivity index (χ1v) is 8.33. The molecular formula is C17H31NO. The lowest BCUT2D eigenvalue weighted by Crippen LogP contribution is -2.64. The molecule has 2 N–H and O–H groups in total. The third kappa shape index (κ3) is 2.71. The molecule has 0 saturated heterocycles. The summed E-state index contributed by atoms with van der Waals surface area (Å²) in [6.45, 7) is 6.58. The quantitative estimate of drug-likeness (QED) is 0.721. The second-order valence-corrected chi connectivity index (χ2v) is 8.62. The van der Waals surface area contributed by atoms with Crippen LogP contribution in [0.25, 0.3) is 0 Å². The van der Waals surface area contributed by atoms with Gasteiger partial charge >= 0.3 is 0 Å². The van der Waals surface area contributed by atoms with Gasteiger partial charge in [0.15, 0.2) is 0 Å². The molecule has 4 aliphatic rings. The van der Waals surface area contributed by atoms with Crippen molar-refractivity contribution in [3.05, 3.63) is 0 Å². The molecule has 4 fully saturated rings. The number of rotatable bonds is 6. The maximum Gasteiger partial charge on any atom is 0.0431 e. The lowest BCUT2D eigenvalue weighted by atomic mass is 9.43. The minimum atomic E-state index is 0.351. The normalized spacial score (nSPS) is 47.8. The summed E-state index contributed by atoms with van der Waals surface area (Å²) in [5.41, 5.74) is 1.70. The zero-order valence-electron chi connectivity index (χ0n) is 12.8. The summed E-state index contributed by atoms with van der Waals surface area (Å²) in [5, 5.41) is 12.8. The van der Waals surface area contributed by atoms with Gasteiger partial charge in [0.25, 0.3) is 0 Å². The fourth-order valence-corrected chi connectivity index (χ4v) is 6.41. The van der Waals surface area contributed by atoms with E-state index in [1.54, 1.807) is 0 Å². The monoisotopic (exact) mass is 265 g/mol. The summed E-state index contributed by atoms with van der Waals surface area (Å²) in [6.07, 6.45) is 12.0. The average molecular weight is 265 g/mol. The number of aliphatic hydroxyl groups excluding tert-OH is 1. The molecule has 19 heavy (non-hydrogen) atoms. The summed E-state index contributed by atoms with van der Waals surface area (Å²) in [7, 11) is 0. The van der Waals surface area contributed by atoms with Crippen LogP contribution in [-0.2, 0) is 0 Å². The minimum Gasteiger partial charge on any atom is -0.396 e. The van der Waals surface area contributed by atoms with Crippen LogP contribution >= 0.6 is 0 Å². The summed E-state index contributed by atoms with van der Waals surface area (Å²) in [5.74, 6) is 0.983. The average Bonchev–Trinajstić information content (AvgIpc) is 2.23. The minimum absolute atomic E-state index is 0.351. The van der Waals surface area contributed by atoms with E-state index < -0.39 is 0 Å². The molecule has 0 spiro atoms. The Kier molecular flexibility index (Phi) is 3.46. The first kappa shape index (κ1) is 13.9. The van der Waals surface area contributed by atoms with Crippen LogP contribution in [0.5, 0.6) is 0 Å². The highest BCUT2D eigenvalue weighted by atomic mass is 16.2. The molecule has 4 atom stereocenters. The number of nitrogens with one attached hydrogen (secondary N) is 1. The highest BCUT2D eigenvalue weighted by Gasteiger charge is 2.59. The molecule has 4 rings (SSSR count). The van der Waals surface area contributed by atoms with Crippen molar-refractivity contribution in [1.29, 1.82) is 0 Å². The Morgan fingerprint density at radius 2 is 1.63 bits per heavy atom. The summed E-state index contributed by atoms with van der Waals surface area (Å²) in [6, 6.07) is 0. The van der Waals surface area contributed by atoms with Gasteiger partial charge in [-0.15, -0.1) is 0 Å². The lowest BCUT2D eigenvalue weighted by molar-refractivity contribution is -0.117. The molecule has 0 radical (unpaired) electrons. The zero-order valence-corrected chi connectivity index (χ0v) is 12.8. The van der Waals surface area contributed by atoms with Crippen LogP contribution in [0.3, 0.4) is 0 Å². The van der Waals surface area contributed by atoms with Crippen molar-refractivity contribution in [2.45, 2.75) is 77.2 Å². The Labute approximate surface area is 118 Å². The van der Waals surface area contributed by atoms with Gasteiger partial charge in [-0.25, -0.2) is 0 Å². The largest absolute Gasteiger partial charge is 0.396 e. The maximum atomic E-state index is 8.84. The third-order valence-electron chi connectivity index (χ3n) is 5.96. The van der Waals surface area contributed by atoms with E-state index in [1.807, 2.05) is 0 Å². The SMILES string of the molecule is C[C@]12CC3CC(NCCCCCO)(C1)C[C@@](C)(C3)C2. The van der Waals surface area contributed by atoms with E-state index in [0.717, 1.165) is 25.3 Å². The van der Waals surface area contributed by atoms with Crippen molar-refractivity contribution in [3.8, 4) is 0 Å². The van der Waals surface area contributed by atoms with E-state index in [9.17, 15) is 0 Å². The van der Waals surface area contributed by atoms with E-state index >= 15 is 0 Å². The highest BCUT2D eigenvalue weighted by Crippen LogP contribution is 2.66. The second-order valence-electron chi connectivity index (χ2n) is 8.62. The van der Waals surface area contributed by atoms with Gasteiger partial charge < -0.3 is 10.4 Å². The van der Waals surface area contributed by atoms with Crippen LogP contribution in [0.2, 0.25) is 0 Å². The van der Waals surface area contributed by atoms with Crippen molar-refractivity contribution in [2.24, 2.45) is 16.7 Å². The van der Waals surface area contributed by atoms with Crippen molar-refractivity contribution in [3.63, 3.8) is 0 Å². The molecule has 0 aromatic carbocycles. The molecule has 0 aromatic heterocycles. The zero-order chi connectivity index (χ0) is 13.6. The molecule has 2 nitrogen and oxygen atoms in total. The predicted molar refractivity (Wildman–Crippen MR) is 79.1 cm³/mol. The fraction of sp³-hybridized carbons (Fsp3) is 1.00. The number of hydrogen-bond acceptors (Lipinski definition) is 2. The van der Waals surface area contributed by atoms with Crippen LogP contribution < -0.4 is 5.32 Å². The van der Waals surface area contributed by atoms with Gasteiger partial charge in [-0.2, -0.15) is 0 Å². The van der Waals surface area contributed by atoms with Crippen molar-refractivity contribution in [2.75, 3.05) is 13.2 Å². The molecule has 110 valence electrons. The molecule has 4 bridgehead atoms. The van der Waals surface area contributed by atoms with E-state index in [2.05, 4.69) is 19.2 Å². The molecule has 0 heterocycles. The van der Waals surface area contributed by atoms with Crippen molar-refractivity contribution < 1.29 is 5.11 Å². The Bertz CT molecular complexity index is 322. The van der Waals surface area contributed by atoms with E-state index in [0.29, 0.717) is 23.0 Å². The van der Waals surface area contributed by atoms with Crippen molar-refractivity contribution in [1.82, 2.24) is 5.32 Å². The molecule has 2 unspecified atom stereocenters. The smallest absolute Gasteiger partial charge is 0.0431 e. The standard InChI is InChI=1S/C17H31NO/c1-15-8-14-9-16(2,11-15)13-17(10-14,12-15)18-6-4-3-5-7-19/h14,18-19H,3-13H2,1-2H3/t14?,15-,16+,17?. The van der Waals surface area contributed by atoms with Gasteiger partial charge in [0.05, 0.1) is 0 Å². The first-order chi connectivity index (χ1) is 8.97. The van der Waals surface area contributed by atoms with Crippen LogP contribution in [-0.4, -0.2) is 23.8 Å². The van der Waals surface area contributed by atoms with E-state index in [-0.39, 0.29) is 0 Å². The molecule has 2 heteroatoms. The molecule has 0 aromatic rings. The van der Waals surface area contributed by atoms with E-state index in [1.165, 1.54) is 44.9 Å². The summed E-state index contributed by atoms with van der Waals surface area (Å²) in [4.78, 5) is 0.